The first-order valence-corrected chi connectivity index (χ1v) is 9.65. The molecule has 0 nitrogen and oxygen atoms in total. The monoisotopic (exact) mass is 298 g/mol. The van der Waals surface area contributed by atoms with E-state index in [0.29, 0.717) is 25.8 Å². The van der Waals surface area contributed by atoms with Crippen molar-refractivity contribution in [3.05, 3.63) is 59.7 Å². The Morgan fingerprint density at radius 2 is 1.17 bits per heavy atom. The molecule has 106 valence electrons. The normalized spacial score (nSPS) is 13.5. The van der Waals surface area contributed by atoms with Crippen LogP contribution in [0.3, 0.4) is 0 Å². The molecule has 1 aliphatic carbocycles. The van der Waals surface area contributed by atoms with Crippen molar-refractivity contribution >= 4 is 79.2 Å². The summed E-state index contributed by atoms with van der Waals surface area (Å²) in [6.45, 7) is 1.26. The van der Waals surface area contributed by atoms with Crippen LogP contribution >= 0.6 is 0 Å². The van der Waals surface area contributed by atoms with Crippen molar-refractivity contribution in [1.82, 2.24) is 0 Å². The fourth-order valence-corrected chi connectivity index (χ4v) is 5.38. The minimum Gasteiger partial charge on any atom is -0.0620 e. The van der Waals surface area contributed by atoms with E-state index in [2.05, 4.69) is 95.0 Å². The molecule has 2 aromatic rings. The Hall–Kier alpha value is -0.846. The van der Waals surface area contributed by atoms with E-state index in [9.17, 15) is 0 Å². The van der Waals surface area contributed by atoms with Gasteiger partial charge in [-0.1, -0.05) is 53.7 Å². The molecule has 24 heavy (non-hydrogen) atoms. The molecule has 11 heteroatoms. The average Bonchev–Trinajstić information content (AvgIpc) is 2.87. The van der Waals surface area contributed by atoms with Crippen molar-refractivity contribution in [1.29, 1.82) is 0 Å². The van der Waals surface area contributed by atoms with E-state index in [4.69, 9.17) is 0 Å². The summed E-state index contributed by atoms with van der Waals surface area (Å²) in [7, 11) is 15.7. The number of hydrogen-bond acceptors (Lipinski definition) is 0. The highest BCUT2D eigenvalue weighted by Gasteiger charge is 2.53. The zero-order valence-corrected chi connectivity index (χ0v) is 16.1. The lowest BCUT2D eigenvalue weighted by molar-refractivity contribution is 1.06. The van der Waals surface area contributed by atoms with E-state index in [1.807, 2.05) is 0 Å². The van der Waals surface area contributed by atoms with Crippen LogP contribution in [0, 0.1) is 0 Å². The van der Waals surface area contributed by atoms with Crippen LogP contribution in [0.25, 0.3) is 11.1 Å². The van der Waals surface area contributed by atoms with Crippen LogP contribution in [0.15, 0.2) is 48.5 Å². The molecule has 0 bridgehead atoms. The molecule has 0 atom stereocenters. The van der Waals surface area contributed by atoms with Gasteiger partial charge in [0, 0.05) is 19.8 Å². The maximum Gasteiger partial charge on any atom is 0.0646 e. The number of hydrogen-bond donors (Lipinski definition) is 0. The molecule has 0 spiro atoms. The number of fused-ring (bicyclic) bond motifs is 3. The molecule has 0 heterocycles. The number of benzene rings is 2. The fourth-order valence-electron chi connectivity index (χ4n) is 5.38. The Morgan fingerprint density at radius 1 is 0.708 bits per heavy atom. The van der Waals surface area contributed by atoms with Crippen molar-refractivity contribution in [2.75, 3.05) is 0 Å². The van der Waals surface area contributed by atoms with E-state index in [-0.39, 0.29) is 5.21 Å². The van der Waals surface area contributed by atoms with Gasteiger partial charge in [0.05, 0.1) is 59.4 Å². The van der Waals surface area contributed by atoms with Gasteiger partial charge in [-0.3, -0.25) is 0 Å². The molecule has 0 aliphatic heterocycles. The predicted octanol–water partition coefficient (Wildman–Crippen LogP) is -4.70. The van der Waals surface area contributed by atoms with Crippen molar-refractivity contribution in [3.8, 4) is 11.1 Å². The Morgan fingerprint density at radius 3 is 1.54 bits per heavy atom. The predicted molar refractivity (Wildman–Crippen MR) is 134 cm³/mol. The van der Waals surface area contributed by atoms with Crippen LogP contribution in [-0.2, 0) is 5.21 Å². The Labute approximate surface area is 155 Å². The van der Waals surface area contributed by atoms with Gasteiger partial charge < -0.3 is 0 Å². The maximum absolute atomic E-state index is 2.48. The highest BCUT2D eigenvalue weighted by atomic mass is 14.3. The first kappa shape index (κ1) is 18.0. The molecule has 2 aromatic carbocycles. The zero-order valence-electron chi connectivity index (χ0n) is 16.1. The van der Waals surface area contributed by atoms with Gasteiger partial charge in [-0.05, 0) is 22.3 Å². The Bertz CT molecular complexity index is 686. The van der Waals surface area contributed by atoms with Crippen molar-refractivity contribution in [3.63, 3.8) is 0 Å². The standard InChI is InChI=1S/C13H21B11/c14-20-22(24(18)19)13(21(15)23(16)17)11-7-3-1-5-9(11)10-6-2-4-8-12(10)13/h1-8,20H,14-19H2. The third-order valence-electron chi connectivity index (χ3n) is 6.58. The molecule has 0 saturated carbocycles. The summed E-state index contributed by atoms with van der Waals surface area (Å²) in [6, 6.07) is 18.3. The molecule has 0 saturated heterocycles. The van der Waals surface area contributed by atoms with Gasteiger partial charge in [-0.25, -0.2) is 0 Å². The second-order valence-corrected chi connectivity index (χ2v) is 8.25. The summed E-state index contributed by atoms with van der Waals surface area (Å²) in [5.41, 5.74) is 6.04. The fraction of sp³-hybridized carbons (Fsp3) is 0.0769. The van der Waals surface area contributed by atoms with Crippen LogP contribution in [0.2, 0.25) is 0 Å². The molecular formula is C13H21B11. The topological polar surface area (TPSA) is 0 Å². The van der Waals surface area contributed by atoms with Gasteiger partial charge >= 0.3 is 0 Å². The van der Waals surface area contributed by atoms with Gasteiger partial charge in [0.2, 0.25) is 0 Å². The summed E-state index contributed by atoms with van der Waals surface area (Å²) in [5, 5.41) is 0.129. The smallest absolute Gasteiger partial charge is 0.0620 e. The van der Waals surface area contributed by atoms with E-state index < -0.39 is 0 Å². The van der Waals surface area contributed by atoms with E-state index in [1.165, 1.54) is 18.2 Å². The molecule has 3 rings (SSSR count). The summed E-state index contributed by atoms with van der Waals surface area (Å²) in [5.74, 6) is 0. The third kappa shape index (κ3) is 2.46. The molecule has 0 fully saturated rings. The van der Waals surface area contributed by atoms with Crippen LogP contribution in [0.4, 0.5) is 0 Å². The summed E-state index contributed by atoms with van der Waals surface area (Å²) in [4.78, 5) is 0. The third-order valence-corrected chi connectivity index (χ3v) is 6.58. The van der Waals surface area contributed by atoms with E-state index in [0.717, 1.165) is 0 Å². The minimum absolute atomic E-state index is 0.129. The molecular weight excluding hydrogens is 275 g/mol. The van der Waals surface area contributed by atoms with Crippen molar-refractivity contribution in [2.24, 2.45) is 0 Å². The van der Waals surface area contributed by atoms with Crippen LogP contribution in [0.1, 0.15) is 11.1 Å². The lowest BCUT2D eigenvalue weighted by atomic mass is 8.68. The van der Waals surface area contributed by atoms with Gasteiger partial charge in [0.15, 0.2) is 0 Å². The quantitative estimate of drug-likeness (QED) is 0.487. The largest absolute Gasteiger partial charge is 0.0646 e. The number of rotatable bonds is 5. The zero-order chi connectivity index (χ0) is 17.5. The van der Waals surface area contributed by atoms with Crippen molar-refractivity contribution < 1.29 is 0 Å². The summed E-state index contributed by atoms with van der Waals surface area (Å²) >= 11 is 0. The molecule has 0 aromatic heterocycles. The van der Waals surface area contributed by atoms with Gasteiger partial charge in [-0.2, -0.15) is 0 Å². The van der Waals surface area contributed by atoms with E-state index in [1.54, 1.807) is 11.1 Å². The van der Waals surface area contributed by atoms with Gasteiger partial charge in [0.25, 0.3) is 0 Å². The van der Waals surface area contributed by atoms with E-state index >= 15 is 0 Å². The molecule has 1 aliphatic rings. The summed E-state index contributed by atoms with van der Waals surface area (Å²) in [6.07, 6.45) is 1.31. The highest BCUT2D eigenvalue weighted by Crippen LogP contribution is 2.51. The lowest BCUT2D eigenvalue weighted by Crippen LogP contribution is -2.69. The van der Waals surface area contributed by atoms with Crippen LogP contribution < -0.4 is 0 Å². The van der Waals surface area contributed by atoms with Crippen LogP contribution in [-0.4, -0.2) is 79.2 Å². The maximum atomic E-state index is 2.48. The first-order chi connectivity index (χ1) is 11.5. The van der Waals surface area contributed by atoms with Crippen molar-refractivity contribution in [2.45, 2.75) is 5.21 Å². The summed E-state index contributed by atoms with van der Waals surface area (Å²) < 4.78 is 0. The van der Waals surface area contributed by atoms with Gasteiger partial charge in [-0.15, -0.1) is 0 Å². The van der Waals surface area contributed by atoms with Crippen LogP contribution in [0.5, 0.6) is 0 Å². The molecule has 0 N–H and O–H groups in total. The molecule has 0 radical (unpaired) electrons. The lowest BCUT2D eigenvalue weighted by Gasteiger charge is -2.46. The minimum atomic E-state index is 0.129. The average molecular weight is 296 g/mol. The highest BCUT2D eigenvalue weighted by molar-refractivity contribution is 7.77. The Kier molecular flexibility index (Phi) is 5.10. The Balaban J connectivity index is 2.40. The molecule has 0 amide bonds. The van der Waals surface area contributed by atoms with Gasteiger partial charge in [0.1, 0.15) is 0 Å². The molecule has 0 unspecified atom stereocenters. The second-order valence-electron chi connectivity index (χ2n) is 8.25. The first-order valence-electron chi connectivity index (χ1n) is 9.65. The SMILES string of the molecule is BBB(B(B)B)C1(B(B)B(B)B)c2ccccc2-c2ccccc21. The second kappa shape index (κ2) is 6.81.